The van der Waals surface area contributed by atoms with Crippen molar-refractivity contribution in [3.63, 3.8) is 0 Å². The van der Waals surface area contributed by atoms with Crippen LogP contribution >= 0.6 is 11.3 Å². The SMILES string of the molecule is CCCc1nc(-c2ccncc2)sc1CNC1CC1. The molecule has 0 unspecified atom stereocenters. The van der Waals surface area contributed by atoms with Crippen LogP contribution in [0.1, 0.15) is 36.8 Å². The van der Waals surface area contributed by atoms with Crippen molar-refractivity contribution in [3.8, 4) is 10.6 Å². The summed E-state index contributed by atoms with van der Waals surface area (Å²) in [5, 5.41) is 4.72. The Kier molecular flexibility index (Phi) is 3.89. The summed E-state index contributed by atoms with van der Waals surface area (Å²) in [6.07, 6.45) is 8.55. The third kappa shape index (κ3) is 3.19. The van der Waals surface area contributed by atoms with Gasteiger partial charge in [-0.25, -0.2) is 4.98 Å². The minimum atomic E-state index is 0.751. The highest BCUT2D eigenvalue weighted by Gasteiger charge is 2.21. The molecule has 3 rings (SSSR count). The van der Waals surface area contributed by atoms with Gasteiger partial charge in [-0.1, -0.05) is 13.3 Å². The summed E-state index contributed by atoms with van der Waals surface area (Å²) in [5.41, 5.74) is 2.45. The Morgan fingerprint density at radius 3 is 2.79 bits per heavy atom. The molecule has 1 N–H and O–H groups in total. The van der Waals surface area contributed by atoms with Gasteiger partial charge in [0.15, 0.2) is 0 Å². The minimum Gasteiger partial charge on any atom is -0.309 e. The van der Waals surface area contributed by atoms with E-state index in [0.29, 0.717) is 0 Å². The first-order chi connectivity index (χ1) is 9.36. The van der Waals surface area contributed by atoms with Crippen molar-refractivity contribution in [2.75, 3.05) is 0 Å². The van der Waals surface area contributed by atoms with E-state index in [-0.39, 0.29) is 0 Å². The second kappa shape index (κ2) is 5.80. The van der Waals surface area contributed by atoms with Crippen LogP contribution in [0.25, 0.3) is 10.6 Å². The smallest absolute Gasteiger partial charge is 0.124 e. The highest BCUT2D eigenvalue weighted by Crippen LogP contribution is 2.29. The van der Waals surface area contributed by atoms with Crippen molar-refractivity contribution in [2.24, 2.45) is 0 Å². The van der Waals surface area contributed by atoms with E-state index in [2.05, 4.69) is 17.2 Å². The summed E-state index contributed by atoms with van der Waals surface area (Å²) in [4.78, 5) is 10.3. The summed E-state index contributed by atoms with van der Waals surface area (Å²) in [5.74, 6) is 0. The number of hydrogen-bond acceptors (Lipinski definition) is 4. The predicted molar refractivity (Wildman–Crippen MR) is 79.2 cm³/mol. The largest absolute Gasteiger partial charge is 0.309 e. The molecule has 100 valence electrons. The van der Waals surface area contributed by atoms with E-state index in [4.69, 9.17) is 4.98 Å². The number of hydrogen-bond donors (Lipinski definition) is 1. The van der Waals surface area contributed by atoms with Gasteiger partial charge in [-0.3, -0.25) is 4.98 Å². The minimum absolute atomic E-state index is 0.751. The van der Waals surface area contributed by atoms with Gasteiger partial charge < -0.3 is 5.32 Å². The topological polar surface area (TPSA) is 37.8 Å². The lowest BCUT2D eigenvalue weighted by molar-refractivity contribution is 0.686. The van der Waals surface area contributed by atoms with Gasteiger partial charge >= 0.3 is 0 Å². The van der Waals surface area contributed by atoms with Gasteiger partial charge in [-0.15, -0.1) is 11.3 Å². The molecule has 0 atom stereocenters. The number of nitrogens with zero attached hydrogens (tertiary/aromatic N) is 2. The number of rotatable bonds is 6. The molecule has 1 aliphatic carbocycles. The van der Waals surface area contributed by atoms with Crippen LogP contribution in [0.15, 0.2) is 24.5 Å². The van der Waals surface area contributed by atoms with Crippen LogP contribution in [0.5, 0.6) is 0 Å². The number of aromatic nitrogens is 2. The van der Waals surface area contributed by atoms with E-state index < -0.39 is 0 Å². The van der Waals surface area contributed by atoms with E-state index in [0.717, 1.165) is 30.4 Å². The van der Waals surface area contributed by atoms with E-state index in [1.165, 1.54) is 29.0 Å². The Labute approximate surface area is 118 Å². The second-order valence-corrected chi connectivity index (χ2v) is 6.11. The molecular weight excluding hydrogens is 254 g/mol. The summed E-state index contributed by atoms with van der Waals surface area (Å²) in [7, 11) is 0. The first-order valence-electron chi connectivity index (χ1n) is 6.99. The summed E-state index contributed by atoms with van der Waals surface area (Å²) in [6, 6.07) is 4.82. The lowest BCUT2D eigenvalue weighted by Crippen LogP contribution is -2.15. The molecule has 19 heavy (non-hydrogen) atoms. The Bertz CT molecular complexity index is 532. The Morgan fingerprint density at radius 2 is 2.11 bits per heavy atom. The molecule has 1 fully saturated rings. The molecule has 1 saturated carbocycles. The number of pyridine rings is 1. The van der Waals surface area contributed by atoms with Gasteiger partial charge in [0.1, 0.15) is 5.01 Å². The summed E-state index contributed by atoms with van der Waals surface area (Å²) < 4.78 is 0. The van der Waals surface area contributed by atoms with Crippen LogP contribution in [-0.2, 0) is 13.0 Å². The Morgan fingerprint density at radius 1 is 1.32 bits per heavy atom. The van der Waals surface area contributed by atoms with E-state index in [1.807, 2.05) is 35.9 Å². The highest BCUT2D eigenvalue weighted by molar-refractivity contribution is 7.15. The predicted octanol–water partition coefficient (Wildman–Crippen LogP) is 3.41. The maximum atomic E-state index is 4.82. The molecule has 2 aromatic rings. The first-order valence-corrected chi connectivity index (χ1v) is 7.81. The number of aryl methyl sites for hydroxylation is 1. The quantitative estimate of drug-likeness (QED) is 0.876. The molecular formula is C15H19N3S. The zero-order valence-corrected chi connectivity index (χ0v) is 12.0. The molecule has 3 nitrogen and oxygen atoms in total. The molecule has 1 aliphatic rings. The second-order valence-electron chi connectivity index (χ2n) is 5.03. The Balaban J connectivity index is 1.82. The van der Waals surface area contributed by atoms with Gasteiger partial charge in [0.2, 0.25) is 0 Å². The zero-order chi connectivity index (χ0) is 13.1. The van der Waals surface area contributed by atoms with Gasteiger partial charge in [-0.05, 0) is 31.4 Å². The van der Waals surface area contributed by atoms with Crippen molar-refractivity contribution in [1.29, 1.82) is 0 Å². The van der Waals surface area contributed by atoms with Crippen molar-refractivity contribution < 1.29 is 0 Å². The summed E-state index contributed by atoms with van der Waals surface area (Å²) >= 11 is 1.82. The summed E-state index contributed by atoms with van der Waals surface area (Å²) in [6.45, 7) is 3.19. The van der Waals surface area contributed by atoms with E-state index >= 15 is 0 Å². The normalized spacial score (nSPS) is 14.8. The van der Waals surface area contributed by atoms with Crippen molar-refractivity contribution in [2.45, 2.75) is 45.2 Å². The molecule has 0 aliphatic heterocycles. The van der Waals surface area contributed by atoms with Crippen LogP contribution in [0, 0.1) is 0 Å². The fourth-order valence-electron chi connectivity index (χ4n) is 2.10. The number of thiazole rings is 1. The molecule has 4 heteroatoms. The molecule has 0 amide bonds. The third-order valence-corrected chi connectivity index (χ3v) is 4.47. The van der Waals surface area contributed by atoms with Crippen LogP contribution in [0.2, 0.25) is 0 Å². The van der Waals surface area contributed by atoms with Crippen LogP contribution in [0.3, 0.4) is 0 Å². The fourth-order valence-corrected chi connectivity index (χ4v) is 3.16. The molecule has 0 aromatic carbocycles. The Hall–Kier alpha value is -1.26. The van der Waals surface area contributed by atoms with Gasteiger partial charge in [-0.2, -0.15) is 0 Å². The van der Waals surface area contributed by atoms with Gasteiger partial charge in [0, 0.05) is 35.4 Å². The maximum absolute atomic E-state index is 4.82. The molecule has 0 spiro atoms. The molecule has 0 saturated heterocycles. The first kappa shape index (κ1) is 12.8. The average Bonchev–Trinajstić information content (AvgIpc) is 3.19. The lowest BCUT2D eigenvalue weighted by Gasteiger charge is -2.01. The van der Waals surface area contributed by atoms with Crippen LogP contribution in [-0.4, -0.2) is 16.0 Å². The zero-order valence-electron chi connectivity index (χ0n) is 11.2. The van der Waals surface area contributed by atoms with Gasteiger partial charge in [0.05, 0.1) is 5.69 Å². The third-order valence-electron chi connectivity index (χ3n) is 3.32. The van der Waals surface area contributed by atoms with Gasteiger partial charge in [0.25, 0.3) is 0 Å². The highest BCUT2D eigenvalue weighted by atomic mass is 32.1. The maximum Gasteiger partial charge on any atom is 0.124 e. The van der Waals surface area contributed by atoms with Crippen molar-refractivity contribution in [3.05, 3.63) is 35.1 Å². The molecule has 2 heterocycles. The monoisotopic (exact) mass is 273 g/mol. The molecule has 0 radical (unpaired) electrons. The van der Waals surface area contributed by atoms with E-state index in [1.54, 1.807) is 0 Å². The average molecular weight is 273 g/mol. The fraction of sp³-hybridized carbons (Fsp3) is 0.467. The van der Waals surface area contributed by atoms with Crippen LogP contribution in [0.4, 0.5) is 0 Å². The van der Waals surface area contributed by atoms with E-state index in [9.17, 15) is 0 Å². The lowest BCUT2D eigenvalue weighted by atomic mass is 10.2. The van der Waals surface area contributed by atoms with Crippen molar-refractivity contribution in [1.82, 2.24) is 15.3 Å². The van der Waals surface area contributed by atoms with Crippen molar-refractivity contribution >= 4 is 11.3 Å². The van der Waals surface area contributed by atoms with Crippen LogP contribution < -0.4 is 5.32 Å². The molecule has 2 aromatic heterocycles. The molecule has 0 bridgehead atoms. The standard InChI is InChI=1S/C15H19N3S/c1-2-3-13-14(10-17-12-4-5-12)19-15(18-13)11-6-8-16-9-7-11/h6-9,12,17H,2-5,10H2,1H3. The number of nitrogens with one attached hydrogen (secondary N) is 1.